The molecule has 1 aromatic heterocycles. The van der Waals surface area contributed by atoms with Crippen LogP contribution in [0.25, 0.3) is 0 Å². The van der Waals surface area contributed by atoms with E-state index in [1.165, 1.54) is 32.1 Å². The lowest BCUT2D eigenvalue weighted by atomic mass is 9.85. The van der Waals surface area contributed by atoms with Crippen LogP contribution in [0.2, 0.25) is 0 Å². The van der Waals surface area contributed by atoms with Crippen LogP contribution in [0.3, 0.4) is 0 Å². The van der Waals surface area contributed by atoms with E-state index in [-0.39, 0.29) is 12.0 Å². The minimum Gasteiger partial charge on any atom is -0.481 e. The second kappa shape index (κ2) is 7.95. The Hall–Kier alpha value is -1.36. The van der Waals surface area contributed by atoms with E-state index in [4.69, 9.17) is 0 Å². The van der Waals surface area contributed by atoms with Gasteiger partial charge in [-0.1, -0.05) is 32.1 Å². The average Bonchev–Trinajstić information content (AvgIpc) is 2.89. The molecule has 5 nitrogen and oxygen atoms in total. The third-order valence-corrected chi connectivity index (χ3v) is 5.51. The third-order valence-electron chi connectivity index (χ3n) is 5.51. The average molecular weight is 319 g/mol. The second-order valence-corrected chi connectivity index (χ2v) is 7.29. The Morgan fingerprint density at radius 3 is 2.65 bits per heavy atom. The van der Waals surface area contributed by atoms with E-state index in [1.807, 2.05) is 10.9 Å². The minimum absolute atomic E-state index is 0.0859. The first-order chi connectivity index (χ1) is 11.2. The summed E-state index contributed by atoms with van der Waals surface area (Å²) < 4.78 is 2.05. The van der Waals surface area contributed by atoms with Gasteiger partial charge in [0.15, 0.2) is 0 Å². The SMILES string of the molecule is O=C(O)[C@@H]1CCCCCC[C@@H]1NCc1cnn(CC2CCC2)c1. The number of carboxylic acids is 1. The van der Waals surface area contributed by atoms with Gasteiger partial charge in [-0.3, -0.25) is 9.48 Å². The highest BCUT2D eigenvalue weighted by Gasteiger charge is 2.28. The first-order valence-corrected chi connectivity index (χ1v) is 9.20. The maximum atomic E-state index is 11.5. The van der Waals surface area contributed by atoms with Crippen molar-refractivity contribution in [3.63, 3.8) is 0 Å². The Labute approximate surface area is 138 Å². The predicted molar refractivity (Wildman–Crippen MR) is 89.0 cm³/mol. The number of aromatic nitrogens is 2. The Bertz CT molecular complexity index is 510. The third kappa shape index (κ3) is 4.56. The largest absolute Gasteiger partial charge is 0.481 e. The molecular formula is C18H29N3O2. The quantitative estimate of drug-likeness (QED) is 0.845. The van der Waals surface area contributed by atoms with Crippen molar-refractivity contribution in [3.05, 3.63) is 18.0 Å². The number of nitrogens with zero attached hydrogens (tertiary/aromatic N) is 2. The first-order valence-electron chi connectivity index (χ1n) is 9.20. The summed E-state index contributed by atoms with van der Waals surface area (Å²) in [6.07, 6.45) is 14.4. The van der Waals surface area contributed by atoms with Crippen molar-refractivity contribution in [2.75, 3.05) is 0 Å². The van der Waals surface area contributed by atoms with E-state index in [1.54, 1.807) is 0 Å². The van der Waals surface area contributed by atoms with E-state index in [0.29, 0.717) is 0 Å². The molecule has 0 saturated heterocycles. The van der Waals surface area contributed by atoms with E-state index in [9.17, 15) is 9.90 Å². The molecule has 2 N–H and O–H groups in total. The van der Waals surface area contributed by atoms with Gasteiger partial charge in [0.25, 0.3) is 0 Å². The van der Waals surface area contributed by atoms with Gasteiger partial charge in [-0.15, -0.1) is 0 Å². The molecule has 2 aliphatic rings. The lowest BCUT2D eigenvalue weighted by Gasteiger charge is -2.27. The van der Waals surface area contributed by atoms with Crippen LogP contribution in [0, 0.1) is 11.8 Å². The molecule has 23 heavy (non-hydrogen) atoms. The Morgan fingerprint density at radius 2 is 1.96 bits per heavy atom. The van der Waals surface area contributed by atoms with E-state index < -0.39 is 5.97 Å². The van der Waals surface area contributed by atoms with Gasteiger partial charge in [0, 0.05) is 30.9 Å². The lowest BCUT2D eigenvalue weighted by Crippen LogP contribution is -2.40. The fourth-order valence-electron chi connectivity index (χ4n) is 3.81. The number of hydrogen-bond acceptors (Lipinski definition) is 3. The van der Waals surface area contributed by atoms with Gasteiger partial charge in [-0.25, -0.2) is 0 Å². The molecule has 0 aliphatic heterocycles. The number of rotatable bonds is 6. The van der Waals surface area contributed by atoms with Gasteiger partial charge in [0.05, 0.1) is 12.1 Å². The molecule has 128 valence electrons. The highest BCUT2D eigenvalue weighted by molar-refractivity contribution is 5.70. The van der Waals surface area contributed by atoms with Crippen LogP contribution < -0.4 is 5.32 Å². The first kappa shape index (κ1) is 16.5. The number of carbonyl (C=O) groups is 1. The molecule has 1 heterocycles. The summed E-state index contributed by atoms with van der Waals surface area (Å²) in [7, 11) is 0. The fourth-order valence-corrected chi connectivity index (χ4v) is 3.81. The monoisotopic (exact) mass is 319 g/mol. The van der Waals surface area contributed by atoms with Gasteiger partial charge >= 0.3 is 5.97 Å². The molecule has 0 spiro atoms. The maximum Gasteiger partial charge on any atom is 0.308 e. The number of carboxylic acid groups (broad SMARTS) is 1. The van der Waals surface area contributed by atoms with Crippen molar-refractivity contribution < 1.29 is 9.90 Å². The molecule has 3 rings (SSSR count). The van der Waals surface area contributed by atoms with Gasteiger partial charge in [-0.2, -0.15) is 5.10 Å². The van der Waals surface area contributed by atoms with Gasteiger partial charge in [0.1, 0.15) is 0 Å². The van der Waals surface area contributed by atoms with Crippen molar-refractivity contribution in [2.24, 2.45) is 11.8 Å². The van der Waals surface area contributed by atoms with Crippen molar-refractivity contribution >= 4 is 5.97 Å². The van der Waals surface area contributed by atoms with Crippen molar-refractivity contribution in [1.29, 1.82) is 0 Å². The number of nitrogens with one attached hydrogen (secondary N) is 1. The molecular weight excluding hydrogens is 290 g/mol. The summed E-state index contributed by atoms with van der Waals surface area (Å²) in [6, 6.07) is 0.0859. The van der Waals surface area contributed by atoms with Crippen molar-refractivity contribution in [1.82, 2.24) is 15.1 Å². The molecule has 5 heteroatoms. The summed E-state index contributed by atoms with van der Waals surface area (Å²) in [5.74, 6) is -0.0943. The summed E-state index contributed by atoms with van der Waals surface area (Å²) in [6.45, 7) is 1.75. The van der Waals surface area contributed by atoms with E-state index >= 15 is 0 Å². The van der Waals surface area contributed by atoms with E-state index in [0.717, 1.165) is 50.3 Å². The molecule has 2 saturated carbocycles. The fraction of sp³-hybridized carbons (Fsp3) is 0.778. The molecule has 0 unspecified atom stereocenters. The van der Waals surface area contributed by atoms with Gasteiger partial charge in [0.2, 0.25) is 0 Å². The second-order valence-electron chi connectivity index (χ2n) is 7.29. The van der Waals surface area contributed by atoms with Crippen molar-refractivity contribution in [2.45, 2.75) is 76.9 Å². The maximum absolute atomic E-state index is 11.5. The lowest BCUT2D eigenvalue weighted by molar-refractivity contribution is -0.143. The molecule has 0 radical (unpaired) electrons. The Kier molecular flexibility index (Phi) is 5.70. The van der Waals surface area contributed by atoms with Gasteiger partial charge in [-0.05, 0) is 31.6 Å². The summed E-state index contributed by atoms with van der Waals surface area (Å²) in [4.78, 5) is 11.5. The molecule has 0 bridgehead atoms. The predicted octanol–water partition coefficient (Wildman–Crippen LogP) is 3.20. The molecule has 0 amide bonds. The Balaban J connectivity index is 1.53. The normalized spacial score (nSPS) is 26.3. The van der Waals surface area contributed by atoms with E-state index in [2.05, 4.69) is 16.6 Å². The van der Waals surface area contributed by atoms with Crippen LogP contribution in [0.1, 0.15) is 63.4 Å². The standard InChI is InChI=1S/C18H29N3O2/c22-18(23)16-8-3-1-2-4-9-17(16)19-10-15-11-20-21(13-15)12-14-6-5-7-14/h11,13-14,16-17,19H,1-10,12H2,(H,22,23)/t16-,17+/m1/s1. The molecule has 1 aromatic rings. The topological polar surface area (TPSA) is 67.2 Å². The number of hydrogen-bond donors (Lipinski definition) is 2. The summed E-state index contributed by atoms with van der Waals surface area (Å²) in [5.41, 5.74) is 1.16. The van der Waals surface area contributed by atoms with Crippen LogP contribution in [-0.2, 0) is 17.9 Å². The Morgan fingerprint density at radius 1 is 1.17 bits per heavy atom. The van der Waals surface area contributed by atoms with Crippen LogP contribution in [0.4, 0.5) is 0 Å². The molecule has 2 atom stereocenters. The van der Waals surface area contributed by atoms with Crippen LogP contribution >= 0.6 is 0 Å². The smallest absolute Gasteiger partial charge is 0.308 e. The molecule has 2 aliphatic carbocycles. The van der Waals surface area contributed by atoms with Crippen LogP contribution in [-0.4, -0.2) is 26.9 Å². The van der Waals surface area contributed by atoms with Gasteiger partial charge < -0.3 is 10.4 Å². The zero-order valence-corrected chi connectivity index (χ0v) is 13.9. The minimum atomic E-state index is -0.648. The highest BCUT2D eigenvalue weighted by atomic mass is 16.4. The zero-order chi connectivity index (χ0) is 16.1. The molecule has 2 fully saturated rings. The molecule has 0 aromatic carbocycles. The highest BCUT2D eigenvalue weighted by Crippen LogP contribution is 2.27. The zero-order valence-electron chi connectivity index (χ0n) is 13.9. The van der Waals surface area contributed by atoms with Crippen molar-refractivity contribution in [3.8, 4) is 0 Å². The van der Waals surface area contributed by atoms with Crippen LogP contribution in [0.15, 0.2) is 12.4 Å². The summed E-state index contributed by atoms with van der Waals surface area (Å²) in [5, 5.41) is 17.5. The number of aliphatic carboxylic acids is 1. The summed E-state index contributed by atoms with van der Waals surface area (Å²) >= 11 is 0. The van der Waals surface area contributed by atoms with Crippen LogP contribution in [0.5, 0.6) is 0 Å².